The molecule has 2 rings (SSSR count). The average molecular weight is 284 g/mol. The summed E-state index contributed by atoms with van der Waals surface area (Å²) in [6.07, 6.45) is 0. The number of nitrogens with two attached hydrogens (primary N) is 1. The predicted octanol–water partition coefficient (Wildman–Crippen LogP) is 1.11. The molecule has 1 heterocycles. The van der Waals surface area contributed by atoms with Gasteiger partial charge in [0.2, 0.25) is 5.13 Å². The summed E-state index contributed by atoms with van der Waals surface area (Å²) in [4.78, 5) is 0.165. The zero-order valence-electron chi connectivity index (χ0n) is 9.62. The number of hydrogen-bond acceptors (Lipinski definition) is 6. The lowest BCUT2D eigenvalue weighted by Gasteiger charge is -2.05. The number of aryl methyl sites for hydroxylation is 1. The first kappa shape index (κ1) is 12.9. The molecule has 1 aromatic carbocycles. The molecule has 0 fully saturated rings. The fourth-order valence-corrected chi connectivity index (χ4v) is 3.24. The Morgan fingerprint density at radius 2 is 2.17 bits per heavy atom. The van der Waals surface area contributed by atoms with Crippen LogP contribution in [0.15, 0.2) is 29.2 Å². The number of nitrogens with zero attached hydrogens (tertiary/aromatic N) is 2. The number of hydrogen-bond donors (Lipinski definition) is 2. The van der Waals surface area contributed by atoms with Crippen molar-refractivity contribution in [2.24, 2.45) is 5.73 Å². The molecule has 0 saturated carbocycles. The van der Waals surface area contributed by atoms with Crippen LogP contribution in [0.3, 0.4) is 0 Å². The van der Waals surface area contributed by atoms with E-state index in [2.05, 4.69) is 14.9 Å². The van der Waals surface area contributed by atoms with Crippen LogP contribution in [0.25, 0.3) is 0 Å². The summed E-state index contributed by atoms with van der Waals surface area (Å²) in [6, 6.07) is 6.47. The summed E-state index contributed by atoms with van der Waals surface area (Å²) in [6.45, 7) is 2.05. The minimum absolute atomic E-state index is 0.165. The molecule has 2 aromatic rings. The monoisotopic (exact) mass is 284 g/mol. The average Bonchev–Trinajstić information content (AvgIpc) is 2.74. The minimum Gasteiger partial charge on any atom is -0.326 e. The van der Waals surface area contributed by atoms with E-state index in [0.717, 1.165) is 5.56 Å². The van der Waals surface area contributed by atoms with Crippen LogP contribution in [-0.2, 0) is 16.6 Å². The molecule has 8 heteroatoms. The van der Waals surface area contributed by atoms with E-state index in [0.29, 0.717) is 11.6 Å². The van der Waals surface area contributed by atoms with Crippen LogP contribution in [0.2, 0.25) is 0 Å². The lowest BCUT2D eigenvalue weighted by atomic mass is 10.2. The Morgan fingerprint density at radius 1 is 1.39 bits per heavy atom. The molecule has 18 heavy (non-hydrogen) atoms. The number of anilines is 1. The molecule has 0 unspecified atom stereocenters. The van der Waals surface area contributed by atoms with Crippen LogP contribution in [0.1, 0.15) is 10.6 Å². The Bertz CT molecular complexity index is 651. The summed E-state index contributed by atoms with van der Waals surface area (Å²) < 4.78 is 26.5. The smallest absolute Gasteiger partial charge is 0.263 e. The molecule has 0 amide bonds. The highest BCUT2D eigenvalue weighted by molar-refractivity contribution is 7.93. The molecule has 0 aliphatic heterocycles. The largest absolute Gasteiger partial charge is 0.326 e. The second-order valence-electron chi connectivity index (χ2n) is 3.58. The first-order valence-electron chi connectivity index (χ1n) is 5.13. The van der Waals surface area contributed by atoms with Gasteiger partial charge in [-0.3, -0.25) is 4.72 Å². The van der Waals surface area contributed by atoms with Gasteiger partial charge in [-0.2, -0.15) is 0 Å². The Hall–Kier alpha value is -1.51. The summed E-state index contributed by atoms with van der Waals surface area (Å²) in [5.41, 5.74) is 6.24. The van der Waals surface area contributed by atoms with Gasteiger partial charge >= 0.3 is 0 Å². The van der Waals surface area contributed by atoms with Crippen LogP contribution in [0, 0.1) is 6.92 Å². The lowest BCUT2D eigenvalue weighted by Crippen LogP contribution is -2.13. The van der Waals surface area contributed by atoms with E-state index < -0.39 is 10.0 Å². The Labute approximate surface area is 109 Å². The summed E-state index contributed by atoms with van der Waals surface area (Å²) in [5, 5.41) is 8.43. The molecule has 0 radical (unpaired) electrons. The topological polar surface area (TPSA) is 98.0 Å². The zero-order chi connectivity index (χ0) is 13.2. The van der Waals surface area contributed by atoms with Crippen molar-refractivity contribution in [1.82, 2.24) is 10.2 Å². The van der Waals surface area contributed by atoms with Crippen molar-refractivity contribution in [3.8, 4) is 0 Å². The summed E-state index contributed by atoms with van der Waals surface area (Å²) in [5.74, 6) is 0. The number of benzene rings is 1. The van der Waals surface area contributed by atoms with Gasteiger partial charge in [0.1, 0.15) is 5.01 Å². The first-order valence-corrected chi connectivity index (χ1v) is 7.43. The third-order valence-electron chi connectivity index (χ3n) is 2.19. The second-order valence-corrected chi connectivity index (χ2v) is 6.45. The Kier molecular flexibility index (Phi) is 3.60. The van der Waals surface area contributed by atoms with Crippen molar-refractivity contribution in [2.75, 3.05) is 4.72 Å². The van der Waals surface area contributed by atoms with Gasteiger partial charge in [0, 0.05) is 6.54 Å². The highest BCUT2D eigenvalue weighted by atomic mass is 32.2. The second kappa shape index (κ2) is 5.01. The van der Waals surface area contributed by atoms with Gasteiger partial charge in [-0.15, -0.1) is 10.2 Å². The first-order chi connectivity index (χ1) is 8.51. The Morgan fingerprint density at radius 3 is 2.78 bits per heavy atom. The van der Waals surface area contributed by atoms with Gasteiger partial charge in [0.05, 0.1) is 4.90 Å². The number of aromatic nitrogens is 2. The van der Waals surface area contributed by atoms with Gasteiger partial charge in [0.25, 0.3) is 10.0 Å². The van der Waals surface area contributed by atoms with Crippen molar-refractivity contribution >= 4 is 26.5 Å². The molecule has 6 nitrogen and oxygen atoms in total. The normalized spacial score (nSPS) is 11.4. The molecule has 3 N–H and O–H groups in total. The maximum absolute atomic E-state index is 12.1. The minimum atomic E-state index is -3.63. The standard InChI is InChI=1S/C10H12N4O2S2/c1-7-12-13-10(17-7)14-18(15,16)9-4-2-3-8(5-9)6-11/h2-5H,6,11H2,1H3,(H,13,14). The van der Waals surface area contributed by atoms with Crippen LogP contribution < -0.4 is 10.5 Å². The molecule has 0 aliphatic carbocycles. The van der Waals surface area contributed by atoms with Gasteiger partial charge in [0.15, 0.2) is 0 Å². The van der Waals surface area contributed by atoms with Crippen molar-refractivity contribution in [2.45, 2.75) is 18.4 Å². The molecule has 0 bridgehead atoms. The van der Waals surface area contributed by atoms with Gasteiger partial charge < -0.3 is 5.73 Å². The van der Waals surface area contributed by atoms with E-state index >= 15 is 0 Å². The molecule has 0 aliphatic rings. The van der Waals surface area contributed by atoms with E-state index in [1.54, 1.807) is 19.1 Å². The molecule has 96 valence electrons. The van der Waals surface area contributed by atoms with Gasteiger partial charge in [-0.1, -0.05) is 23.5 Å². The van der Waals surface area contributed by atoms with Crippen molar-refractivity contribution < 1.29 is 8.42 Å². The predicted molar refractivity (Wildman–Crippen MR) is 69.8 cm³/mol. The van der Waals surface area contributed by atoms with Crippen LogP contribution in [-0.4, -0.2) is 18.6 Å². The quantitative estimate of drug-likeness (QED) is 0.876. The molecule has 0 saturated heterocycles. The van der Waals surface area contributed by atoms with Crippen LogP contribution in [0.5, 0.6) is 0 Å². The van der Waals surface area contributed by atoms with Gasteiger partial charge in [-0.25, -0.2) is 8.42 Å². The number of sulfonamides is 1. The highest BCUT2D eigenvalue weighted by Gasteiger charge is 2.16. The maximum Gasteiger partial charge on any atom is 0.263 e. The maximum atomic E-state index is 12.1. The van der Waals surface area contributed by atoms with E-state index in [1.165, 1.54) is 23.5 Å². The van der Waals surface area contributed by atoms with E-state index in [1.807, 2.05) is 0 Å². The SMILES string of the molecule is Cc1nnc(NS(=O)(=O)c2cccc(CN)c2)s1. The van der Waals surface area contributed by atoms with E-state index in [9.17, 15) is 8.42 Å². The molecular formula is C10H12N4O2S2. The fourth-order valence-electron chi connectivity index (χ4n) is 1.35. The van der Waals surface area contributed by atoms with Crippen molar-refractivity contribution in [1.29, 1.82) is 0 Å². The highest BCUT2D eigenvalue weighted by Crippen LogP contribution is 2.19. The molecular weight excluding hydrogens is 272 g/mol. The number of nitrogens with one attached hydrogen (secondary N) is 1. The van der Waals surface area contributed by atoms with Gasteiger partial charge in [-0.05, 0) is 24.6 Å². The van der Waals surface area contributed by atoms with Crippen LogP contribution in [0.4, 0.5) is 5.13 Å². The Balaban J connectivity index is 2.30. The van der Waals surface area contributed by atoms with E-state index in [-0.39, 0.29) is 10.0 Å². The molecule has 0 spiro atoms. The van der Waals surface area contributed by atoms with Crippen molar-refractivity contribution in [3.05, 3.63) is 34.8 Å². The molecule has 0 atom stereocenters. The number of rotatable bonds is 4. The summed E-state index contributed by atoms with van der Waals surface area (Å²) in [7, 11) is -3.63. The third-order valence-corrected chi connectivity index (χ3v) is 4.41. The lowest BCUT2D eigenvalue weighted by molar-refractivity contribution is 0.601. The summed E-state index contributed by atoms with van der Waals surface area (Å²) >= 11 is 1.18. The molecule has 1 aromatic heterocycles. The zero-order valence-corrected chi connectivity index (χ0v) is 11.3. The van der Waals surface area contributed by atoms with Crippen molar-refractivity contribution in [3.63, 3.8) is 0 Å². The van der Waals surface area contributed by atoms with Crippen LogP contribution >= 0.6 is 11.3 Å². The third kappa shape index (κ3) is 2.84. The van der Waals surface area contributed by atoms with E-state index in [4.69, 9.17) is 5.73 Å². The fraction of sp³-hybridized carbons (Fsp3) is 0.200.